The van der Waals surface area contributed by atoms with Gasteiger partial charge in [0.25, 0.3) is 5.91 Å². The van der Waals surface area contributed by atoms with Crippen LogP contribution in [0.25, 0.3) is 0 Å². The van der Waals surface area contributed by atoms with E-state index in [1.807, 2.05) is 4.90 Å². The summed E-state index contributed by atoms with van der Waals surface area (Å²) in [5.74, 6) is 0.292. The Morgan fingerprint density at radius 3 is 2.68 bits per heavy atom. The highest BCUT2D eigenvalue weighted by atomic mass is 19.4. The summed E-state index contributed by atoms with van der Waals surface area (Å²) in [5, 5.41) is 9.09. The molecule has 2 saturated heterocycles. The highest BCUT2D eigenvalue weighted by Gasteiger charge is 2.50. The smallest absolute Gasteiger partial charge is 0.417 e. The van der Waals surface area contributed by atoms with Crippen molar-refractivity contribution in [3.63, 3.8) is 0 Å². The summed E-state index contributed by atoms with van der Waals surface area (Å²) < 4.78 is 51.0. The number of aromatic nitrogens is 1. The molecule has 3 heterocycles. The Morgan fingerprint density at radius 1 is 1.26 bits per heavy atom. The van der Waals surface area contributed by atoms with E-state index in [0.717, 1.165) is 6.07 Å². The maximum Gasteiger partial charge on any atom is 0.417 e. The number of rotatable bonds is 5. The third-order valence-corrected chi connectivity index (χ3v) is 6.84. The molecule has 2 aromatic rings. The first-order valence-corrected chi connectivity index (χ1v) is 10.9. The summed E-state index contributed by atoms with van der Waals surface area (Å²) in [6, 6.07) is 8.74. The zero-order chi connectivity index (χ0) is 24.5. The topological polar surface area (TPSA) is 78.7 Å². The van der Waals surface area contributed by atoms with Crippen LogP contribution < -0.4 is 9.64 Å². The van der Waals surface area contributed by atoms with Gasteiger partial charge in [0.1, 0.15) is 0 Å². The Kier molecular flexibility index (Phi) is 6.41. The van der Waals surface area contributed by atoms with Gasteiger partial charge in [0.05, 0.1) is 36.5 Å². The maximum absolute atomic E-state index is 13.5. The molecule has 2 aliphatic heterocycles. The van der Waals surface area contributed by atoms with Crippen molar-refractivity contribution in [3.8, 4) is 11.9 Å². The number of piperidine rings is 1. The van der Waals surface area contributed by atoms with Gasteiger partial charge in [-0.15, -0.1) is 0 Å². The first kappa shape index (κ1) is 23.8. The number of alkyl halides is 3. The molecule has 2 fully saturated rings. The SMILES string of the molecule is COCC12CCN(C(=O)c3ccc(OC)nc3)CC1CN(c1ccc(C#N)c(C(F)(F)F)c1)C2. The van der Waals surface area contributed by atoms with Gasteiger partial charge in [-0.3, -0.25) is 4.79 Å². The third kappa shape index (κ3) is 4.40. The van der Waals surface area contributed by atoms with Crippen LogP contribution in [-0.4, -0.2) is 62.8 Å². The largest absolute Gasteiger partial charge is 0.481 e. The van der Waals surface area contributed by atoms with Crippen molar-refractivity contribution in [3.05, 3.63) is 53.2 Å². The zero-order valence-electron chi connectivity index (χ0n) is 18.9. The van der Waals surface area contributed by atoms with Crippen molar-refractivity contribution < 1.29 is 27.4 Å². The molecule has 180 valence electrons. The first-order chi connectivity index (χ1) is 16.2. The van der Waals surface area contributed by atoms with E-state index < -0.39 is 17.3 Å². The molecule has 2 unspecified atom stereocenters. The molecule has 10 heteroatoms. The van der Waals surface area contributed by atoms with Crippen LogP contribution >= 0.6 is 0 Å². The molecule has 1 aromatic carbocycles. The Bertz CT molecular complexity index is 1100. The number of likely N-dealkylation sites (tertiary alicyclic amines) is 1. The predicted octanol–water partition coefficient (Wildman–Crippen LogP) is 3.60. The molecule has 0 radical (unpaired) electrons. The monoisotopic (exact) mass is 474 g/mol. The molecule has 0 spiro atoms. The first-order valence-electron chi connectivity index (χ1n) is 10.9. The van der Waals surface area contributed by atoms with Crippen molar-refractivity contribution in [2.75, 3.05) is 51.9 Å². The quantitative estimate of drug-likeness (QED) is 0.659. The molecule has 4 rings (SSSR count). The summed E-state index contributed by atoms with van der Waals surface area (Å²) in [6.45, 7) is 2.42. The van der Waals surface area contributed by atoms with Gasteiger partial charge in [0.2, 0.25) is 5.88 Å². The average Bonchev–Trinajstić information content (AvgIpc) is 3.21. The normalized spacial score (nSPS) is 22.3. The predicted molar refractivity (Wildman–Crippen MR) is 117 cm³/mol. The average molecular weight is 474 g/mol. The van der Waals surface area contributed by atoms with E-state index in [1.165, 1.54) is 19.4 Å². The fourth-order valence-electron chi connectivity index (χ4n) is 5.06. The van der Waals surface area contributed by atoms with Gasteiger partial charge in [0.15, 0.2) is 0 Å². The van der Waals surface area contributed by atoms with Crippen molar-refractivity contribution >= 4 is 11.6 Å². The number of pyridine rings is 1. The van der Waals surface area contributed by atoms with E-state index in [2.05, 4.69) is 4.98 Å². The summed E-state index contributed by atoms with van der Waals surface area (Å²) in [7, 11) is 3.11. The second-order valence-electron chi connectivity index (χ2n) is 8.80. The van der Waals surface area contributed by atoms with Crippen molar-refractivity contribution in [2.24, 2.45) is 11.3 Å². The number of nitrogens with zero attached hydrogens (tertiary/aromatic N) is 4. The maximum atomic E-state index is 13.5. The zero-order valence-corrected chi connectivity index (χ0v) is 18.9. The van der Waals surface area contributed by atoms with Crippen molar-refractivity contribution in [1.82, 2.24) is 9.88 Å². The van der Waals surface area contributed by atoms with Crippen LogP contribution in [0.2, 0.25) is 0 Å². The third-order valence-electron chi connectivity index (χ3n) is 6.84. The number of fused-ring (bicyclic) bond motifs is 1. The Hall–Kier alpha value is -3.32. The molecule has 7 nitrogen and oxygen atoms in total. The molecule has 1 amide bonds. The number of benzene rings is 1. The van der Waals surface area contributed by atoms with Gasteiger partial charge in [-0.25, -0.2) is 4.98 Å². The molecule has 0 aliphatic carbocycles. The molecule has 0 saturated carbocycles. The Morgan fingerprint density at radius 2 is 2.06 bits per heavy atom. The standard InChI is InChI=1S/C24H25F3N4O3/c1-33-15-23-7-8-30(22(32)17-4-6-21(34-2)29-11-17)12-18(23)13-31(14-23)19-5-3-16(10-28)20(9-19)24(25,26)27/h3-6,9,11,18H,7-8,12-15H2,1-2H3. The fourth-order valence-corrected chi connectivity index (χ4v) is 5.06. The van der Waals surface area contributed by atoms with Crippen LogP contribution in [0.15, 0.2) is 36.5 Å². The lowest BCUT2D eigenvalue weighted by Crippen LogP contribution is -2.50. The minimum atomic E-state index is -4.62. The highest BCUT2D eigenvalue weighted by molar-refractivity contribution is 5.94. The summed E-state index contributed by atoms with van der Waals surface area (Å²) in [6.07, 6.45) is -2.47. The number of ether oxygens (including phenoxy) is 2. The van der Waals surface area contributed by atoms with E-state index in [-0.39, 0.29) is 17.2 Å². The van der Waals surface area contributed by atoms with Gasteiger partial charge in [-0.2, -0.15) is 18.4 Å². The van der Waals surface area contributed by atoms with E-state index >= 15 is 0 Å². The number of nitriles is 1. The number of halogens is 3. The number of anilines is 1. The van der Waals surface area contributed by atoms with Crippen LogP contribution in [0.3, 0.4) is 0 Å². The molecular weight excluding hydrogens is 449 g/mol. The molecular formula is C24H25F3N4O3. The van der Waals surface area contributed by atoms with Gasteiger partial charge in [-0.05, 0) is 30.7 Å². The van der Waals surface area contributed by atoms with E-state index in [1.54, 1.807) is 36.3 Å². The van der Waals surface area contributed by atoms with Gasteiger partial charge in [0, 0.05) is 62.6 Å². The number of methoxy groups -OCH3 is 2. The molecule has 2 atom stereocenters. The fraction of sp³-hybridized carbons (Fsp3) is 0.458. The number of carbonyl (C=O) groups excluding carboxylic acids is 1. The van der Waals surface area contributed by atoms with Crippen LogP contribution in [0.5, 0.6) is 5.88 Å². The minimum Gasteiger partial charge on any atom is -0.481 e. The number of amides is 1. The Labute approximate surface area is 195 Å². The molecule has 34 heavy (non-hydrogen) atoms. The Balaban J connectivity index is 1.57. The lowest BCUT2D eigenvalue weighted by atomic mass is 9.73. The van der Waals surface area contributed by atoms with Gasteiger partial charge in [-0.1, -0.05) is 0 Å². The van der Waals surface area contributed by atoms with Crippen molar-refractivity contribution in [2.45, 2.75) is 12.6 Å². The molecule has 1 aromatic heterocycles. The summed E-state index contributed by atoms with van der Waals surface area (Å²) in [5.41, 5.74) is -0.753. The van der Waals surface area contributed by atoms with Crippen LogP contribution in [-0.2, 0) is 10.9 Å². The number of carbonyl (C=O) groups is 1. The number of hydrogen-bond acceptors (Lipinski definition) is 6. The van der Waals surface area contributed by atoms with Gasteiger partial charge >= 0.3 is 6.18 Å². The van der Waals surface area contributed by atoms with E-state index in [0.29, 0.717) is 56.3 Å². The van der Waals surface area contributed by atoms with Crippen LogP contribution in [0, 0.1) is 22.7 Å². The number of hydrogen-bond donors (Lipinski definition) is 0. The van der Waals surface area contributed by atoms with Gasteiger partial charge < -0.3 is 19.3 Å². The van der Waals surface area contributed by atoms with Crippen LogP contribution in [0.4, 0.5) is 18.9 Å². The minimum absolute atomic E-state index is 0.0151. The molecule has 0 bridgehead atoms. The van der Waals surface area contributed by atoms with E-state index in [4.69, 9.17) is 14.7 Å². The highest BCUT2D eigenvalue weighted by Crippen LogP contribution is 2.45. The summed E-state index contributed by atoms with van der Waals surface area (Å²) >= 11 is 0. The van der Waals surface area contributed by atoms with Crippen molar-refractivity contribution in [1.29, 1.82) is 5.26 Å². The second-order valence-corrected chi connectivity index (χ2v) is 8.80. The summed E-state index contributed by atoms with van der Waals surface area (Å²) in [4.78, 5) is 20.9. The second kappa shape index (κ2) is 9.14. The lowest BCUT2D eigenvalue weighted by molar-refractivity contribution is -0.137. The molecule has 2 aliphatic rings. The van der Waals surface area contributed by atoms with Crippen LogP contribution in [0.1, 0.15) is 27.9 Å². The lowest BCUT2D eigenvalue weighted by Gasteiger charge is -2.43. The molecule has 0 N–H and O–H groups in total. The van der Waals surface area contributed by atoms with E-state index in [9.17, 15) is 18.0 Å².